The summed E-state index contributed by atoms with van der Waals surface area (Å²) in [5, 5.41) is 8.51. The Kier molecular flexibility index (Phi) is 6.14. The summed E-state index contributed by atoms with van der Waals surface area (Å²) in [6, 6.07) is 14.3. The molecule has 1 N–H and O–H groups in total. The molecular weight excluding hydrogens is 346 g/mol. The van der Waals surface area contributed by atoms with Gasteiger partial charge in [-0.2, -0.15) is 5.10 Å². The van der Waals surface area contributed by atoms with Crippen molar-refractivity contribution >= 4 is 0 Å². The summed E-state index contributed by atoms with van der Waals surface area (Å²) in [5.41, 5.74) is 4.32. The number of hydrogen-bond donors (Lipinski definition) is 1. The van der Waals surface area contributed by atoms with E-state index in [1.54, 1.807) is 6.20 Å². The number of aromatic nitrogens is 3. The third-order valence-corrected chi connectivity index (χ3v) is 5.32. The van der Waals surface area contributed by atoms with Crippen LogP contribution in [0.5, 0.6) is 0 Å². The van der Waals surface area contributed by atoms with Gasteiger partial charge in [-0.25, -0.2) is 4.68 Å². The van der Waals surface area contributed by atoms with Gasteiger partial charge in [0.25, 0.3) is 0 Å². The standard InChI is InChI=1S/C23H29N5/c1-19(17-27-12-5-6-13-27)14-25-16-21-18-28(22-9-3-2-4-10-22)26-23(21)20-8-7-11-24-15-20/h2-4,7-11,15,18-19,25H,5-6,12-14,16-17H2,1H3. The first-order chi connectivity index (χ1) is 13.8. The number of nitrogens with one attached hydrogen (secondary N) is 1. The first kappa shape index (κ1) is 18.8. The molecule has 5 heteroatoms. The summed E-state index contributed by atoms with van der Waals surface area (Å²) in [6.07, 6.45) is 8.53. The van der Waals surface area contributed by atoms with E-state index in [1.807, 2.05) is 35.1 Å². The smallest absolute Gasteiger partial charge is 0.0988 e. The zero-order valence-electron chi connectivity index (χ0n) is 16.6. The lowest BCUT2D eigenvalue weighted by atomic mass is 10.1. The van der Waals surface area contributed by atoms with Crippen LogP contribution in [-0.4, -0.2) is 45.8 Å². The molecule has 1 saturated heterocycles. The number of benzene rings is 1. The van der Waals surface area contributed by atoms with Gasteiger partial charge in [-0.3, -0.25) is 4.98 Å². The highest BCUT2D eigenvalue weighted by Gasteiger charge is 2.16. The Labute approximate surface area is 167 Å². The lowest BCUT2D eigenvalue weighted by Gasteiger charge is -2.20. The van der Waals surface area contributed by atoms with E-state index in [9.17, 15) is 0 Å². The van der Waals surface area contributed by atoms with Gasteiger partial charge in [-0.1, -0.05) is 25.1 Å². The van der Waals surface area contributed by atoms with E-state index in [1.165, 1.54) is 38.0 Å². The molecule has 1 aliphatic heterocycles. The van der Waals surface area contributed by atoms with Gasteiger partial charge in [0.1, 0.15) is 0 Å². The number of likely N-dealkylation sites (tertiary alicyclic amines) is 1. The molecule has 0 amide bonds. The average molecular weight is 376 g/mol. The van der Waals surface area contributed by atoms with E-state index in [0.717, 1.165) is 30.0 Å². The van der Waals surface area contributed by atoms with Crippen LogP contribution in [0.4, 0.5) is 0 Å². The minimum Gasteiger partial charge on any atom is -0.312 e. The minimum absolute atomic E-state index is 0.643. The Morgan fingerprint density at radius 3 is 2.64 bits per heavy atom. The molecule has 0 aliphatic carbocycles. The van der Waals surface area contributed by atoms with Gasteiger partial charge in [0.05, 0.1) is 11.4 Å². The van der Waals surface area contributed by atoms with Crippen LogP contribution in [0, 0.1) is 5.92 Å². The van der Waals surface area contributed by atoms with Crippen molar-refractivity contribution in [3.63, 3.8) is 0 Å². The van der Waals surface area contributed by atoms with E-state index in [2.05, 4.69) is 46.5 Å². The predicted molar refractivity (Wildman–Crippen MR) is 113 cm³/mol. The summed E-state index contributed by atoms with van der Waals surface area (Å²) < 4.78 is 1.97. The second-order valence-corrected chi connectivity index (χ2v) is 7.77. The highest BCUT2D eigenvalue weighted by molar-refractivity contribution is 5.62. The fourth-order valence-electron chi connectivity index (χ4n) is 3.92. The fourth-order valence-corrected chi connectivity index (χ4v) is 3.92. The van der Waals surface area contributed by atoms with Crippen molar-refractivity contribution in [2.45, 2.75) is 26.3 Å². The summed E-state index contributed by atoms with van der Waals surface area (Å²) >= 11 is 0. The van der Waals surface area contributed by atoms with Crippen LogP contribution in [0.15, 0.2) is 61.1 Å². The molecule has 0 radical (unpaired) electrons. The fraction of sp³-hybridized carbons (Fsp3) is 0.391. The molecule has 4 rings (SSSR count). The topological polar surface area (TPSA) is 46.0 Å². The molecule has 3 heterocycles. The third kappa shape index (κ3) is 4.66. The van der Waals surface area contributed by atoms with Crippen molar-refractivity contribution in [1.29, 1.82) is 0 Å². The average Bonchev–Trinajstić information content (AvgIpc) is 3.39. The molecule has 146 valence electrons. The van der Waals surface area contributed by atoms with E-state index in [0.29, 0.717) is 5.92 Å². The molecule has 1 fully saturated rings. The van der Waals surface area contributed by atoms with Crippen molar-refractivity contribution in [3.8, 4) is 16.9 Å². The number of rotatable bonds is 8. The highest BCUT2D eigenvalue weighted by Crippen LogP contribution is 2.23. The molecule has 1 aliphatic rings. The Hall–Kier alpha value is -2.50. The van der Waals surface area contributed by atoms with Crippen LogP contribution in [-0.2, 0) is 6.54 Å². The zero-order chi connectivity index (χ0) is 19.2. The second kappa shape index (κ2) is 9.13. The van der Waals surface area contributed by atoms with Gasteiger partial charge < -0.3 is 10.2 Å². The number of hydrogen-bond acceptors (Lipinski definition) is 4. The zero-order valence-corrected chi connectivity index (χ0v) is 16.6. The minimum atomic E-state index is 0.643. The molecule has 28 heavy (non-hydrogen) atoms. The first-order valence-corrected chi connectivity index (χ1v) is 10.3. The van der Waals surface area contributed by atoms with Crippen molar-refractivity contribution in [2.75, 3.05) is 26.2 Å². The summed E-state index contributed by atoms with van der Waals surface area (Å²) in [4.78, 5) is 6.86. The van der Waals surface area contributed by atoms with Gasteiger partial charge in [0.2, 0.25) is 0 Å². The largest absolute Gasteiger partial charge is 0.312 e. The summed E-state index contributed by atoms with van der Waals surface area (Å²) in [7, 11) is 0. The molecular formula is C23H29N5. The van der Waals surface area contributed by atoms with Gasteiger partial charge in [0, 0.05) is 42.8 Å². The Bertz CT molecular complexity index is 853. The van der Waals surface area contributed by atoms with Crippen LogP contribution in [0.3, 0.4) is 0 Å². The third-order valence-electron chi connectivity index (χ3n) is 5.32. The van der Waals surface area contributed by atoms with E-state index in [-0.39, 0.29) is 0 Å². The normalized spacial score (nSPS) is 15.8. The molecule has 5 nitrogen and oxygen atoms in total. The highest BCUT2D eigenvalue weighted by atomic mass is 15.3. The molecule has 0 spiro atoms. The van der Waals surface area contributed by atoms with Crippen LogP contribution < -0.4 is 5.32 Å². The lowest BCUT2D eigenvalue weighted by Crippen LogP contribution is -2.31. The summed E-state index contributed by atoms with van der Waals surface area (Å²) in [5.74, 6) is 0.643. The molecule has 3 aromatic rings. The van der Waals surface area contributed by atoms with Crippen LogP contribution >= 0.6 is 0 Å². The molecule has 1 unspecified atom stereocenters. The van der Waals surface area contributed by atoms with Crippen molar-refractivity contribution in [3.05, 3.63) is 66.6 Å². The van der Waals surface area contributed by atoms with Crippen molar-refractivity contribution in [2.24, 2.45) is 5.92 Å². The molecule has 2 aromatic heterocycles. The van der Waals surface area contributed by atoms with Gasteiger partial charge >= 0.3 is 0 Å². The van der Waals surface area contributed by atoms with E-state index >= 15 is 0 Å². The maximum absolute atomic E-state index is 4.86. The van der Waals surface area contributed by atoms with Gasteiger partial charge in [-0.15, -0.1) is 0 Å². The van der Waals surface area contributed by atoms with Crippen LogP contribution in [0.1, 0.15) is 25.3 Å². The second-order valence-electron chi connectivity index (χ2n) is 7.77. The van der Waals surface area contributed by atoms with Crippen LogP contribution in [0.2, 0.25) is 0 Å². The van der Waals surface area contributed by atoms with Crippen molar-refractivity contribution < 1.29 is 0 Å². The molecule has 0 saturated carbocycles. The van der Waals surface area contributed by atoms with E-state index in [4.69, 9.17) is 5.10 Å². The molecule has 0 bridgehead atoms. The Morgan fingerprint density at radius 1 is 1.07 bits per heavy atom. The SMILES string of the molecule is CC(CNCc1cn(-c2ccccc2)nc1-c1cccnc1)CN1CCCC1. The Balaban J connectivity index is 1.46. The molecule has 1 aromatic carbocycles. The van der Waals surface area contributed by atoms with E-state index < -0.39 is 0 Å². The monoisotopic (exact) mass is 375 g/mol. The lowest BCUT2D eigenvalue weighted by molar-refractivity contribution is 0.282. The molecule has 1 atom stereocenters. The Morgan fingerprint density at radius 2 is 1.89 bits per heavy atom. The quantitative estimate of drug-likeness (QED) is 0.651. The maximum Gasteiger partial charge on any atom is 0.0988 e. The van der Waals surface area contributed by atoms with Crippen LogP contribution in [0.25, 0.3) is 16.9 Å². The van der Waals surface area contributed by atoms with Crippen molar-refractivity contribution in [1.82, 2.24) is 25.0 Å². The first-order valence-electron chi connectivity index (χ1n) is 10.3. The number of para-hydroxylation sites is 1. The number of pyridine rings is 1. The van der Waals surface area contributed by atoms with Gasteiger partial charge in [-0.05, 0) is 62.7 Å². The predicted octanol–water partition coefficient (Wildman–Crippen LogP) is 3.76. The van der Waals surface area contributed by atoms with Gasteiger partial charge in [0.15, 0.2) is 0 Å². The number of nitrogens with zero attached hydrogens (tertiary/aromatic N) is 4. The maximum atomic E-state index is 4.86. The summed E-state index contributed by atoms with van der Waals surface area (Å²) in [6.45, 7) is 7.87.